The fourth-order valence-corrected chi connectivity index (χ4v) is 5.21. The molecule has 0 aliphatic carbocycles. The lowest BCUT2D eigenvalue weighted by molar-refractivity contribution is 0.484. The molecule has 1 aromatic heterocycles. The van der Waals surface area contributed by atoms with Crippen molar-refractivity contribution in [1.29, 1.82) is 0 Å². The molecule has 0 saturated heterocycles. The van der Waals surface area contributed by atoms with Gasteiger partial charge in [0.05, 0.1) is 11.4 Å². The first kappa shape index (κ1) is 21.2. The first-order chi connectivity index (χ1) is 14.7. The quantitative estimate of drug-likeness (QED) is 0.411. The maximum Gasteiger partial charge on any atom is 0.295 e. The van der Waals surface area contributed by atoms with E-state index in [1.807, 2.05) is 0 Å². The van der Waals surface area contributed by atoms with E-state index >= 15 is 0 Å². The topological polar surface area (TPSA) is 105 Å². The Morgan fingerprint density at radius 3 is 2.19 bits per heavy atom. The number of sulfonamides is 2. The highest BCUT2D eigenvalue weighted by molar-refractivity contribution is 7.93. The van der Waals surface area contributed by atoms with E-state index in [0.717, 1.165) is 12.1 Å². The van der Waals surface area contributed by atoms with Crippen LogP contribution >= 0.6 is 11.6 Å². The van der Waals surface area contributed by atoms with Crippen LogP contribution in [-0.2, 0) is 20.0 Å². The number of rotatable bonds is 6. The van der Waals surface area contributed by atoms with Gasteiger partial charge < -0.3 is 4.42 Å². The molecule has 160 valence electrons. The van der Waals surface area contributed by atoms with E-state index in [0.29, 0.717) is 11.0 Å². The molecular weight excluding hydrogens is 467 g/mol. The summed E-state index contributed by atoms with van der Waals surface area (Å²) in [6.07, 6.45) is 0. The van der Waals surface area contributed by atoms with Crippen LogP contribution in [0.15, 0.2) is 87.2 Å². The molecular formula is C20H14ClFN2O5S2. The third-order valence-corrected chi connectivity index (χ3v) is 7.12. The van der Waals surface area contributed by atoms with Crippen LogP contribution < -0.4 is 9.44 Å². The number of hydrogen-bond acceptors (Lipinski definition) is 5. The number of anilines is 2. The molecule has 3 aromatic carbocycles. The Kier molecular flexibility index (Phi) is 5.38. The molecule has 0 saturated carbocycles. The highest BCUT2D eigenvalue weighted by Crippen LogP contribution is 2.31. The Hall–Kier alpha value is -3.08. The van der Waals surface area contributed by atoms with Crippen LogP contribution in [0.1, 0.15) is 0 Å². The van der Waals surface area contributed by atoms with Gasteiger partial charge in [0, 0.05) is 16.5 Å². The monoisotopic (exact) mass is 480 g/mol. The summed E-state index contributed by atoms with van der Waals surface area (Å²) in [5.74, 6) is -0.951. The highest BCUT2D eigenvalue weighted by Gasteiger charge is 2.24. The zero-order valence-corrected chi connectivity index (χ0v) is 17.9. The summed E-state index contributed by atoms with van der Waals surface area (Å²) in [6.45, 7) is 0. The Labute approximate surface area is 182 Å². The Balaban J connectivity index is 1.71. The molecule has 11 heteroatoms. The van der Waals surface area contributed by atoms with Crippen LogP contribution in [0.4, 0.5) is 15.8 Å². The minimum absolute atomic E-state index is 0.146. The number of hydrogen-bond donors (Lipinski definition) is 2. The second kappa shape index (κ2) is 7.88. The molecule has 0 aliphatic heterocycles. The fourth-order valence-electron chi connectivity index (χ4n) is 2.84. The molecule has 4 rings (SSSR count). The fraction of sp³-hybridized carbons (Fsp3) is 0. The van der Waals surface area contributed by atoms with E-state index < -0.39 is 30.8 Å². The van der Waals surface area contributed by atoms with Gasteiger partial charge in [-0.05, 0) is 36.4 Å². The number of fused-ring (bicyclic) bond motifs is 1. The Morgan fingerprint density at radius 1 is 0.774 bits per heavy atom. The third-order valence-electron chi connectivity index (χ3n) is 4.26. The van der Waals surface area contributed by atoms with Gasteiger partial charge in [0.2, 0.25) is 5.09 Å². The molecule has 0 aliphatic rings. The Bertz CT molecular complexity index is 1470. The minimum Gasteiger partial charge on any atom is -0.443 e. The van der Waals surface area contributed by atoms with Crippen LogP contribution in [0.25, 0.3) is 11.0 Å². The van der Waals surface area contributed by atoms with Crippen molar-refractivity contribution in [3.63, 3.8) is 0 Å². The summed E-state index contributed by atoms with van der Waals surface area (Å²) in [5, 5.41) is 0.363. The first-order valence-corrected chi connectivity index (χ1v) is 12.1. The number of furan rings is 1. The molecule has 0 bridgehead atoms. The lowest BCUT2D eigenvalue weighted by Crippen LogP contribution is -2.18. The third kappa shape index (κ3) is 4.36. The number of nitrogens with one attached hydrogen (secondary N) is 2. The SMILES string of the molecule is O=S(=O)(Nc1cc(Cl)ccc1NS(=O)(=O)c1ccccc1F)c1cc2ccccc2o1. The molecule has 2 N–H and O–H groups in total. The Morgan fingerprint density at radius 2 is 1.45 bits per heavy atom. The van der Waals surface area contributed by atoms with Crippen molar-refractivity contribution in [3.8, 4) is 0 Å². The minimum atomic E-state index is -4.35. The molecule has 0 spiro atoms. The van der Waals surface area contributed by atoms with Crippen LogP contribution in [0, 0.1) is 5.82 Å². The van der Waals surface area contributed by atoms with E-state index in [1.54, 1.807) is 24.3 Å². The van der Waals surface area contributed by atoms with Crippen LogP contribution in [0.2, 0.25) is 5.02 Å². The lowest BCUT2D eigenvalue weighted by atomic mass is 10.3. The largest absolute Gasteiger partial charge is 0.443 e. The van der Waals surface area contributed by atoms with Crippen molar-refractivity contribution >= 4 is 54.0 Å². The predicted octanol–water partition coefficient (Wildman–Crippen LogP) is 4.83. The molecule has 0 amide bonds. The van der Waals surface area contributed by atoms with Gasteiger partial charge >= 0.3 is 0 Å². The smallest absolute Gasteiger partial charge is 0.295 e. The van der Waals surface area contributed by atoms with Crippen molar-refractivity contribution in [2.45, 2.75) is 9.99 Å². The molecule has 0 fully saturated rings. The predicted molar refractivity (Wildman–Crippen MR) is 116 cm³/mol. The standard InChI is InChI=1S/C20H14ClFN2O5S2/c21-14-9-10-16(23-30(25,26)19-8-4-2-6-15(19)22)17(12-14)24-31(27,28)20-11-13-5-1-3-7-18(13)29-20/h1-12,23-24H. The molecule has 0 unspecified atom stereocenters. The maximum absolute atomic E-state index is 14.0. The molecule has 0 atom stereocenters. The van der Waals surface area contributed by atoms with E-state index in [1.165, 1.54) is 36.4 Å². The van der Waals surface area contributed by atoms with Gasteiger partial charge in [0.15, 0.2) is 0 Å². The van der Waals surface area contributed by atoms with Crippen molar-refractivity contribution in [2.24, 2.45) is 0 Å². The zero-order chi connectivity index (χ0) is 22.2. The van der Waals surface area contributed by atoms with Crippen LogP contribution in [-0.4, -0.2) is 16.8 Å². The van der Waals surface area contributed by atoms with Gasteiger partial charge in [0.25, 0.3) is 20.0 Å². The summed E-state index contributed by atoms with van der Waals surface area (Å²) >= 11 is 5.97. The number of benzene rings is 3. The van der Waals surface area contributed by atoms with Crippen molar-refractivity contribution < 1.29 is 25.6 Å². The van der Waals surface area contributed by atoms with E-state index in [9.17, 15) is 21.2 Å². The highest BCUT2D eigenvalue weighted by atomic mass is 35.5. The van der Waals surface area contributed by atoms with Gasteiger partial charge in [-0.2, -0.15) is 8.42 Å². The molecule has 0 radical (unpaired) electrons. The summed E-state index contributed by atoms with van der Waals surface area (Å²) in [7, 11) is -8.57. The van der Waals surface area contributed by atoms with Crippen molar-refractivity contribution in [1.82, 2.24) is 0 Å². The lowest BCUT2D eigenvalue weighted by Gasteiger charge is -2.14. The van der Waals surface area contributed by atoms with Gasteiger partial charge in [-0.1, -0.05) is 41.9 Å². The van der Waals surface area contributed by atoms with Gasteiger partial charge in [-0.25, -0.2) is 12.8 Å². The number of para-hydroxylation sites is 1. The average Bonchev–Trinajstić information content (AvgIpc) is 3.15. The van der Waals surface area contributed by atoms with Gasteiger partial charge in [-0.15, -0.1) is 0 Å². The maximum atomic E-state index is 14.0. The summed E-state index contributed by atoms with van der Waals surface area (Å²) in [4.78, 5) is -0.587. The summed E-state index contributed by atoms with van der Waals surface area (Å²) < 4.78 is 74.8. The second-order valence-electron chi connectivity index (χ2n) is 6.43. The van der Waals surface area contributed by atoms with Gasteiger partial charge in [0.1, 0.15) is 16.3 Å². The molecule has 1 heterocycles. The van der Waals surface area contributed by atoms with Gasteiger partial charge in [-0.3, -0.25) is 9.44 Å². The van der Waals surface area contributed by atoms with Crippen LogP contribution in [0.5, 0.6) is 0 Å². The summed E-state index contributed by atoms with van der Waals surface area (Å²) in [5.41, 5.74) is 0.0645. The van der Waals surface area contributed by atoms with E-state index in [4.69, 9.17) is 16.0 Å². The zero-order valence-electron chi connectivity index (χ0n) is 15.5. The number of halogens is 2. The van der Waals surface area contributed by atoms with E-state index in [-0.39, 0.29) is 21.5 Å². The molecule has 7 nitrogen and oxygen atoms in total. The van der Waals surface area contributed by atoms with Crippen LogP contribution in [0.3, 0.4) is 0 Å². The second-order valence-corrected chi connectivity index (χ2v) is 10.1. The van der Waals surface area contributed by atoms with Crippen molar-refractivity contribution in [2.75, 3.05) is 9.44 Å². The normalized spacial score (nSPS) is 12.1. The van der Waals surface area contributed by atoms with E-state index in [2.05, 4.69) is 9.44 Å². The molecule has 4 aromatic rings. The average molecular weight is 481 g/mol. The van der Waals surface area contributed by atoms with Crippen molar-refractivity contribution in [3.05, 3.63) is 83.6 Å². The summed E-state index contributed by atoms with van der Waals surface area (Å²) in [6, 6.07) is 16.7. The first-order valence-electron chi connectivity index (χ1n) is 8.74. The molecule has 31 heavy (non-hydrogen) atoms.